The van der Waals surface area contributed by atoms with Crippen molar-refractivity contribution >= 4 is 18.0 Å². The molecule has 0 aromatic heterocycles. The fourth-order valence-electron chi connectivity index (χ4n) is 6.05. The number of carboxylic acid groups (broad SMARTS) is 1. The quantitative estimate of drug-likeness (QED) is 0.617. The van der Waals surface area contributed by atoms with E-state index >= 15 is 0 Å². The second-order valence-electron chi connectivity index (χ2n) is 10.2. The minimum atomic E-state index is -1.12. The van der Waals surface area contributed by atoms with Crippen LogP contribution in [0.15, 0.2) is 48.5 Å². The number of amides is 2. The van der Waals surface area contributed by atoms with Crippen molar-refractivity contribution in [2.24, 2.45) is 11.3 Å². The van der Waals surface area contributed by atoms with E-state index in [1.54, 1.807) is 4.90 Å². The Labute approximate surface area is 205 Å². The fourth-order valence-corrected chi connectivity index (χ4v) is 6.05. The molecule has 1 spiro atoms. The Bertz CT molecular complexity index is 1120. The summed E-state index contributed by atoms with van der Waals surface area (Å²) in [5.41, 5.74) is 3.15. The van der Waals surface area contributed by atoms with E-state index in [0.29, 0.717) is 19.4 Å². The molecule has 2 amide bonds. The average Bonchev–Trinajstić information content (AvgIpc) is 3.42. The number of carbonyl (C=O) groups excluding carboxylic acids is 2. The number of nitrogens with one attached hydrogen (secondary N) is 1. The van der Waals surface area contributed by atoms with Gasteiger partial charge in [-0.2, -0.15) is 0 Å². The lowest BCUT2D eigenvalue weighted by Gasteiger charge is -2.35. The summed E-state index contributed by atoms with van der Waals surface area (Å²) < 4.78 is 5.71. The first-order chi connectivity index (χ1) is 16.8. The van der Waals surface area contributed by atoms with Gasteiger partial charge in [-0.3, -0.25) is 9.59 Å². The van der Waals surface area contributed by atoms with Crippen molar-refractivity contribution < 1.29 is 24.2 Å². The zero-order valence-electron chi connectivity index (χ0n) is 20.3. The first-order valence-corrected chi connectivity index (χ1v) is 12.5. The summed E-state index contributed by atoms with van der Waals surface area (Å²) in [6.07, 6.45) is 1.83. The highest BCUT2D eigenvalue weighted by Crippen LogP contribution is 2.56. The largest absolute Gasteiger partial charge is 0.481 e. The normalized spacial score (nSPS) is 19.8. The highest BCUT2D eigenvalue weighted by atomic mass is 16.5. The number of rotatable bonds is 7. The van der Waals surface area contributed by atoms with Crippen LogP contribution in [0.3, 0.4) is 0 Å². The van der Waals surface area contributed by atoms with Gasteiger partial charge in [0.15, 0.2) is 0 Å². The van der Waals surface area contributed by atoms with E-state index in [0.717, 1.165) is 35.1 Å². The SMILES string of the molecule is CCC(CC)(NC(=O)OCC1c2ccccc2-c2ccccc21)C(=O)N1CC(C(=O)O)C2(CC2)C1. The van der Waals surface area contributed by atoms with Gasteiger partial charge in [-0.25, -0.2) is 4.79 Å². The molecule has 2 aromatic carbocycles. The van der Waals surface area contributed by atoms with E-state index in [2.05, 4.69) is 29.6 Å². The van der Waals surface area contributed by atoms with Crippen molar-refractivity contribution in [3.05, 3.63) is 59.7 Å². The topological polar surface area (TPSA) is 95.9 Å². The summed E-state index contributed by atoms with van der Waals surface area (Å²) in [5, 5.41) is 12.5. The van der Waals surface area contributed by atoms with E-state index in [1.807, 2.05) is 38.1 Å². The summed E-state index contributed by atoms with van der Waals surface area (Å²) in [7, 11) is 0. The Hall–Kier alpha value is -3.35. The Morgan fingerprint density at radius 2 is 1.60 bits per heavy atom. The summed E-state index contributed by atoms with van der Waals surface area (Å²) in [6.45, 7) is 4.54. The van der Waals surface area contributed by atoms with Gasteiger partial charge >= 0.3 is 12.1 Å². The molecular weight excluding hydrogens is 444 g/mol. The van der Waals surface area contributed by atoms with Crippen LogP contribution in [0.5, 0.6) is 0 Å². The number of carboxylic acids is 1. The molecule has 0 radical (unpaired) electrons. The van der Waals surface area contributed by atoms with Crippen molar-refractivity contribution in [2.45, 2.75) is 51.0 Å². The highest BCUT2D eigenvalue weighted by Gasteiger charge is 2.60. The average molecular weight is 477 g/mol. The maximum atomic E-state index is 13.6. The van der Waals surface area contributed by atoms with E-state index in [4.69, 9.17) is 4.74 Å². The van der Waals surface area contributed by atoms with Gasteiger partial charge in [-0.1, -0.05) is 62.4 Å². The second-order valence-corrected chi connectivity index (χ2v) is 10.2. The Morgan fingerprint density at radius 3 is 2.09 bits per heavy atom. The number of likely N-dealkylation sites (tertiary alicyclic amines) is 1. The molecule has 1 unspecified atom stereocenters. The molecule has 1 saturated carbocycles. The molecule has 1 aliphatic heterocycles. The molecule has 2 aliphatic carbocycles. The van der Waals surface area contributed by atoms with Gasteiger partial charge in [-0.05, 0) is 47.9 Å². The predicted octanol–water partition coefficient (Wildman–Crippen LogP) is 4.41. The Morgan fingerprint density at radius 1 is 1.03 bits per heavy atom. The predicted molar refractivity (Wildman–Crippen MR) is 131 cm³/mol. The van der Waals surface area contributed by atoms with Gasteiger partial charge in [-0.15, -0.1) is 0 Å². The molecule has 1 heterocycles. The van der Waals surface area contributed by atoms with Crippen molar-refractivity contribution in [2.75, 3.05) is 19.7 Å². The number of alkyl carbamates (subject to hydrolysis) is 1. The molecular formula is C28H32N2O5. The highest BCUT2D eigenvalue weighted by molar-refractivity contribution is 5.91. The molecule has 7 nitrogen and oxygen atoms in total. The summed E-state index contributed by atoms with van der Waals surface area (Å²) in [4.78, 5) is 40.0. The van der Waals surface area contributed by atoms with Crippen molar-refractivity contribution in [3.63, 3.8) is 0 Å². The van der Waals surface area contributed by atoms with Crippen molar-refractivity contribution in [1.82, 2.24) is 10.2 Å². The third-order valence-corrected chi connectivity index (χ3v) is 8.43. The van der Waals surface area contributed by atoms with Gasteiger partial charge in [0, 0.05) is 24.4 Å². The molecule has 184 valence electrons. The van der Waals surface area contributed by atoms with Crippen LogP contribution < -0.4 is 5.32 Å². The molecule has 0 bridgehead atoms. The van der Waals surface area contributed by atoms with Gasteiger partial charge in [0.2, 0.25) is 5.91 Å². The van der Waals surface area contributed by atoms with Crippen LogP contribution in [-0.4, -0.2) is 53.2 Å². The van der Waals surface area contributed by atoms with Gasteiger partial charge in [0.05, 0.1) is 5.92 Å². The molecule has 3 aliphatic rings. The number of fused-ring (bicyclic) bond motifs is 3. The maximum absolute atomic E-state index is 13.6. The second kappa shape index (κ2) is 8.70. The molecule has 1 saturated heterocycles. The number of benzene rings is 2. The van der Waals surface area contributed by atoms with Crippen LogP contribution in [0.25, 0.3) is 11.1 Å². The number of hydrogen-bond acceptors (Lipinski definition) is 4. The first kappa shape index (κ1) is 23.4. The summed E-state index contributed by atoms with van der Waals surface area (Å²) in [6, 6.07) is 16.3. The maximum Gasteiger partial charge on any atom is 0.408 e. The summed E-state index contributed by atoms with van der Waals surface area (Å²) >= 11 is 0. The standard InChI is InChI=1S/C28H32N2O5/c1-3-28(4-2,25(33)30-15-23(24(31)32)27(17-30)13-14-27)29-26(34)35-16-22-20-11-7-5-9-18(20)19-10-6-8-12-21(19)22/h5-12,22-23H,3-4,13-17H2,1-2H3,(H,29,34)(H,31,32). The number of hydrogen-bond donors (Lipinski definition) is 2. The van der Waals surface area contributed by atoms with Crippen molar-refractivity contribution in [1.29, 1.82) is 0 Å². The number of carbonyl (C=O) groups is 3. The van der Waals surface area contributed by atoms with Crippen LogP contribution in [0.4, 0.5) is 4.79 Å². The number of ether oxygens (including phenoxy) is 1. The lowest BCUT2D eigenvalue weighted by Crippen LogP contribution is -2.59. The van der Waals surface area contributed by atoms with Gasteiger partial charge in [0.1, 0.15) is 12.1 Å². The van der Waals surface area contributed by atoms with E-state index < -0.39 is 23.5 Å². The van der Waals surface area contributed by atoms with Crippen molar-refractivity contribution in [3.8, 4) is 11.1 Å². The van der Waals surface area contributed by atoms with Crippen LogP contribution in [-0.2, 0) is 14.3 Å². The van der Waals surface area contributed by atoms with E-state index in [1.165, 1.54) is 0 Å². The zero-order valence-corrected chi connectivity index (χ0v) is 20.3. The lowest BCUT2D eigenvalue weighted by molar-refractivity contribution is -0.143. The van der Waals surface area contributed by atoms with Gasteiger partial charge in [0.25, 0.3) is 0 Å². The lowest BCUT2D eigenvalue weighted by atomic mass is 9.91. The van der Waals surface area contributed by atoms with Crippen LogP contribution in [0, 0.1) is 11.3 Å². The molecule has 5 rings (SSSR count). The third-order valence-electron chi connectivity index (χ3n) is 8.43. The molecule has 2 fully saturated rings. The van der Waals surface area contributed by atoms with E-state index in [-0.39, 0.29) is 30.4 Å². The molecule has 7 heteroatoms. The molecule has 2 N–H and O–H groups in total. The van der Waals surface area contributed by atoms with Crippen LogP contribution in [0.1, 0.15) is 56.6 Å². The minimum Gasteiger partial charge on any atom is -0.481 e. The number of aliphatic carboxylic acids is 1. The van der Waals surface area contributed by atoms with E-state index in [9.17, 15) is 19.5 Å². The zero-order chi connectivity index (χ0) is 24.8. The van der Waals surface area contributed by atoms with Crippen LogP contribution >= 0.6 is 0 Å². The third kappa shape index (κ3) is 3.87. The monoisotopic (exact) mass is 476 g/mol. The smallest absolute Gasteiger partial charge is 0.408 e. The summed E-state index contributed by atoms with van der Waals surface area (Å²) in [5.74, 6) is -1.66. The minimum absolute atomic E-state index is 0.0638. The number of nitrogens with zero attached hydrogens (tertiary/aromatic N) is 1. The molecule has 2 aromatic rings. The molecule has 35 heavy (non-hydrogen) atoms. The Balaban J connectivity index is 1.29. The van der Waals surface area contributed by atoms with Crippen LogP contribution in [0.2, 0.25) is 0 Å². The Kier molecular flexibility index (Phi) is 5.82. The molecule has 1 atom stereocenters. The van der Waals surface area contributed by atoms with Gasteiger partial charge < -0.3 is 20.1 Å². The fraction of sp³-hybridized carbons (Fsp3) is 0.464. The first-order valence-electron chi connectivity index (χ1n) is 12.5.